The number of sulfonamides is 1. The van der Waals surface area contributed by atoms with Gasteiger partial charge in [0.2, 0.25) is 15.9 Å². The summed E-state index contributed by atoms with van der Waals surface area (Å²) in [4.78, 5) is 28.2. The van der Waals surface area contributed by atoms with E-state index in [1.807, 2.05) is 6.92 Å². The van der Waals surface area contributed by atoms with Crippen LogP contribution in [-0.4, -0.2) is 74.1 Å². The molecule has 0 spiro atoms. The minimum Gasteiger partial charge on any atom is -0.459 e. The molecule has 0 saturated carbocycles. The van der Waals surface area contributed by atoms with Gasteiger partial charge in [0.15, 0.2) is 5.76 Å². The van der Waals surface area contributed by atoms with Gasteiger partial charge in [-0.15, -0.1) is 12.4 Å². The van der Waals surface area contributed by atoms with Crippen LogP contribution in [0.1, 0.15) is 16.1 Å². The number of rotatable bonds is 5. The van der Waals surface area contributed by atoms with E-state index >= 15 is 0 Å². The molecule has 2 aromatic rings. The lowest BCUT2D eigenvalue weighted by Gasteiger charge is -2.35. The van der Waals surface area contributed by atoms with Gasteiger partial charge in [0, 0.05) is 33.2 Å². The van der Waals surface area contributed by atoms with Gasteiger partial charge in [0.25, 0.3) is 5.91 Å². The Labute approximate surface area is 176 Å². The minimum atomic E-state index is -3.73. The summed E-state index contributed by atoms with van der Waals surface area (Å²) >= 11 is 0. The number of carbonyl (C=O) groups is 2. The Hall–Kier alpha value is -2.36. The van der Waals surface area contributed by atoms with E-state index in [-0.39, 0.29) is 41.4 Å². The molecule has 0 unspecified atom stereocenters. The first kappa shape index (κ1) is 22.9. The van der Waals surface area contributed by atoms with Crippen LogP contribution in [0.25, 0.3) is 0 Å². The Morgan fingerprint density at radius 3 is 2.17 bits per heavy atom. The molecule has 1 aromatic heterocycles. The number of aryl methyl sites for hydroxylation is 1. The van der Waals surface area contributed by atoms with Crippen molar-refractivity contribution in [1.29, 1.82) is 0 Å². The van der Waals surface area contributed by atoms with E-state index in [4.69, 9.17) is 4.42 Å². The van der Waals surface area contributed by atoms with Gasteiger partial charge in [-0.3, -0.25) is 9.59 Å². The number of halogens is 1. The predicted molar refractivity (Wildman–Crippen MR) is 109 cm³/mol. The van der Waals surface area contributed by atoms with E-state index in [1.165, 1.54) is 25.4 Å². The summed E-state index contributed by atoms with van der Waals surface area (Å²) in [7, 11) is -2.34. The average molecular weight is 442 g/mol. The number of amides is 2. The molecule has 1 saturated heterocycles. The smallest absolute Gasteiger partial charge is 0.289 e. The maximum atomic E-state index is 12.6. The average Bonchev–Trinajstić information content (AvgIpc) is 3.22. The van der Waals surface area contributed by atoms with Crippen LogP contribution in [0, 0.1) is 6.92 Å². The highest BCUT2D eigenvalue weighted by Gasteiger charge is 2.29. The largest absolute Gasteiger partial charge is 0.459 e. The van der Waals surface area contributed by atoms with Crippen molar-refractivity contribution in [3.8, 4) is 0 Å². The molecule has 1 aliphatic rings. The molecule has 3 rings (SSSR count). The van der Waals surface area contributed by atoms with Gasteiger partial charge in [-0.25, -0.2) is 8.42 Å². The summed E-state index contributed by atoms with van der Waals surface area (Å²) in [6, 6.07) is 9.76. The second kappa shape index (κ2) is 9.43. The molecular formula is C19H24ClN3O5S. The zero-order valence-corrected chi connectivity index (χ0v) is 17.9. The summed E-state index contributed by atoms with van der Waals surface area (Å²) < 4.78 is 31.4. The zero-order chi connectivity index (χ0) is 20.3. The Kier molecular flexibility index (Phi) is 7.45. The maximum absolute atomic E-state index is 12.6. The van der Waals surface area contributed by atoms with E-state index in [1.54, 1.807) is 34.1 Å². The first-order valence-corrected chi connectivity index (χ1v) is 10.4. The molecule has 1 aliphatic heterocycles. The summed E-state index contributed by atoms with van der Waals surface area (Å²) in [5.41, 5.74) is 0.958. The highest BCUT2D eigenvalue weighted by molar-refractivity contribution is 7.89. The van der Waals surface area contributed by atoms with Gasteiger partial charge >= 0.3 is 0 Å². The monoisotopic (exact) mass is 441 g/mol. The van der Waals surface area contributed by atoms with Gasteiger partial charge in [-0.2, -0.15) is 4.31 Å². The molecule has 1 aromatic carbocycles. The third-order valence-electron chi connectivity index (χ3n) is 4.74. The lowest BCUT2D eigenvalue weighted by Crippen LogP contribution is -2.52. The van der Waals surface area contributed by atoms with Crippen LogP contribution in [0.4, 0.5) is 0 Å². The number of benzene rings is 1. The third-order valence-corrected chi connectivity index (χ3v) is 6.56. The normalized spacial score (nSPS) is 14.6. The maximum Gasteiger partial charge on any atom is 0.289 e. The number of piperazine rings is 1. The number of nitrogens with zero attached hydrogens (tertiary/aromatic N) is 3. The van der Waals surface area contributed by atoms with Crippen molar-refractivity contribution in [2.45, 2.75) is 11.8 Å². The van der Waals surface area contributed by atoms with Crippen LogP contribution in [0.2, 0.25) is 0 Å². The van der Waals surface area contributed by atoms with Gasteiger partial charge < -0.3 is 14.2 Å². The molecule has 29 heavy (non-hydrogen) atoms. The highest BCUT2D eigenvalue weighted by atomic mass is 35.5. The SMILES string of the molecule is Cc1ccc(S(=O)(=O)N(C)CC(=O)N2CCN(C(=O)c3ccco3)CC2)cc1.Cl. The van der Waals surface area contributed by atoms with Gasteiger partial charge in [-0.1, -0.05) is 17.7 Å². The Morgan fingerprint density at radius 1 is 1.03 bits per heavy atom. The summed E-state index contributed by atoms with van der Waals surface area (Å²) in [6.07, 6.45) is 1.44. The molecule has 10 heteroatoms. The van der Waals surface area contributed by atoms with Crippen molar-refractivity contribution in [3.05, 3.63) is 54.0 Å². The Bertz CT molecular complexity index is 937. The van der Waals surface area contributed by atoms with Crippen LogP contribution in [0.5, 0.6) is 0 Å². The molecular weight excluding hydrogens is 418 g/mol. The van der Waals surface area contributed by atoms with Gasteiger partial charge in [0.1, 0.15) is 0 Å². The van der Waals surface area contributed by atoms with Crippen LogP contribution in [0.15, 0.2) is 52.0 Å². The molecule has 2 heterocycles. The number of carbonyl (C=O) groups excluding carboxylic acids is 2. The van der Waals surface area contributed by atoms with Gasteiger partial charge in [0.05, 0.1) is 17.7 Å². The van der Waals surface area contributed by atoms with E-state index < -0.39 is 10.0 Å². The third kappa shape index (κ3) is 5.17. The molecule has 0 N–H and O–H groups in total. The Morgan fingerprint density at radius 2 is 1.62 bits per heavy atom. The van der Waals surface area contributed by atoms with Crippen molar-refractivity contribution in [2.75, 3.05) is 39.8 Å². The highest BCUT2D eigenvalue weighted by Crippen LogP contribution is 2.16. The zero-order valence-electron chi connectivity index (χ0n) is 16.3. The fourth-order valence-electron chi connectivity index (χ4n) is 2.98. The van der Waals surface area contributed by atoms with Crippen molar-refractivity contribution in [1.82, 2.24) is 14.1 Å². The number of hydrogen-bond acceptors (Lipinski definition) is 5. The number of hydrogen-bond donors (Lipinski definition) is 0. The van der Waals surface area contributed by atoms with Crippen LogP contribution >= 0.6 is 12.4 Å². The number of furan rings is 1. The summed E-state index contributed by atoms with van der Waals surface area (Å²) in [5.74, 6) is -0.233. The minimum absolute atomic E-state index is 0. The Balaban J connectivity index is 0.00000300. The predicted octanol–water partition coefficient (Wildman–Crippen LogP) is 1.61. The van der Waals surface area contributed by atoms with Crippen molar-refractivity contribution in [3.63, 3.8) is 0 Å². The first-order chi connectivity index (χ1) is 13.3. The van der Waals surface area contributed by atoms with E-state index in [0.717, 1.165) is 9.87 Å². The molecule has 1 fully saturated rings. The summed E-state index contributed by atoms with van der Waals surface area (Å²) in [6.45, 7) is 3.08. The van der Waals surface area contributed by atoms with Crippen LogP contribution in [0.3, 0.4) is 0 Å². The van der Waals surface area contributed by atoms with Crippen molar-refractivity contribution >= 4 is 34.2 Å². The standard InChI is InChI=1S/C19H23N3O5S.ClH/c1-15-5-7-16(8-6-15)28(25,26)20(2)14-18(23)21-9-11-22(12-10-21)19(24)17-4-3-13-27-17;/h3-8,13H,9-12,14H2,1-2H3;1H. The summed E-state index contributed by atoms with van der Waals surface area (Å²) in [5, 5.41) is 0. The van der Waals surface area contributed by atoms with Crippen LogP contribution < -0.4 is 0 Å². The molecule has 0 aliphatic carbocycles. The van der Waals surface area contributed by atoms with Crippen molar-refractivity contribution < 1.29 is 22.4 Å². The lowest BCUT2D eigenvalue weighted by molar-refractivity contribution is -0.132. The molecule has 0 bridgehead atoms. The molecule has 2 amide bonds. The fourth-order valence-corrected chi connectivity index (χ4v) is 4.10. The first-order valence-electron chi connectivity index (χ1n) is 8.92. The molecule has 0 radical (unpaired) electrons. The molecule has 8 nitrogen and oxygen atoms in total. The van der Waals surface area contributed by atoms with E-state index in [0.29, 0.717) is 26.2 Å². The molecule has 0 atom stereocenters. The quantitative estimate of drug-likeness (QED) is 0.703. The second-order valence-electron chi connectivity index (χ2n) is 6.72. The number of likely N-dealkylation sites (N-methyl/N-ethyl adjacent to an activating group) is 1. The lowest BCUT2D eigenvalue weighted by atomic mass is 10.2. The van der Waals surface area contributed by atoms with Gasteiger partial charge in [-0.05, 0) is 31.2 Å². The van der Waals surface area contributed by atoms with Crippen LogP contribution in [-0.2, 0) is 14.8 Å². The fraction of sp³-hybridized carbons (Fsp3) is 0.368. The topological polar surface area (TPSA) is 91.1 Å². The van der Waals surface area contributed by atoms with Crippen molar-refractivity contribution in [2.24, 2.45) is 0 Å². The second-order valence-corrected chi connectivity index (χ2v) is 8.77. The molecule has 158 valence electrons. The van der Waals surface area contributed by atoms with E-state index in [9.17, 15) is 18.0 Å². The van der Waals surface area contributed by atoms with E-state index in [2.05, 4.69) is 0 Å².